The van der Waals surface area contributed by atoms with E-state index in [9.17, 15) is 4.79 Å². The van der Waals surface area contributed by atoms with Gasteiger partial charge in [0.05, 0.1) is 13.1 Å². The van der Waals surface area contributed by atoms with Crippen molar-refractivity contribution in [3.63, 3.8) is 0 Å². The molecule has 0 saturated heterocycles. The molecule has 3 rings (SSSR count). The van der Waals surface area contributed by atoms with Crippen LogP contribution in [0.15, 0.2) is 11.6 Å². The van der Waals surface area contributed by atoms with Crippen LogP contribution >= 0.6 is 22.9 Å². The van der Waals surface area contributed by atoms with Crippen molar-refractivity contribution >= 4 is 45.8 Å². The number of nitrogens with zero attached hydrogens (tertiary/aromatic N) is 4. The number of aromatic amines is 1. The maximum Gasteiger partial charge on any atom is 0.296 e. The predicted octanol–water partition coefficient (Wildman–Crippen LogP) is 1.59. The number of fused-ring (bicyclic) bond motifs is 1. The van der Waals surface area contributed by atoms with E-state index >= 15 is 0 Å². The SMILES string of the molecule is CC(=O)NCCOc1nc2nc(Cl)nc(NCc3nccs3)c2[nH]1. The third kappa shape index (κ3) is 4.09. The van der Waals surface area contributed by atoms with Gasteiger partial charge in [-0.05, 0) is 11.6 Å². The van der Waals surface area contributed by atoms with Gasteiger partial charge in [-0.15, -0.1) is 11.3 Å². The molecule has 0 unspecified atom stereocenters. The first kappa shape index (κ1) is 16.4. The molecule has 3 aromatic heterocycles. The lowest BCUT2D eigenvalue weighted by Crippen LogP contribution is -2.25. The van der Waals surface area contributed by atoms with Crippen LogP contribution in [0.2, 0.25) is 5.28 Å². The Balaban J connectivity index is 1.72. The van der Waals surface area contributed by atoms with E-state index in [4.69, 9.17) is 16.3 Å². The summed E-state index contributed by atoms with van der Waals surface area (Å²) in [6, 6.07) is 0.282. The molecule has 24 heavy (non-hydrogen) atoms. The Morgan fingerprint density at radius 2 is 2.29 bits per heavy atom. The average molecular weight is 368 g/mol. The van der Waals surface area contributed by atoms with E-state index in [1.165, 1.54) is 18.3 Å². The summed E-state index contributed by atoms with van der Waals surface area (Å²) < 4.78 is 5.46. The van der Waals surface area contributed by atoms with Gasteiger partial charge in [0.15, 0.2) is 11.5 Å². The number of carbonyl (C=O) groups is 1. The summed E-state index contributed by atoms with van der Waals surface area (Å²) in [6.07, 6.45) is 1.74. The van der Waals surface area contributed by atoms with Crippen LogP contribution in [0.25, 0.3) is 11.2 Å². The third-order valence-electron chi connectivity index (χ3n) is 2.91. The monoisotopic (exact) mass is 367 g/mol. The summed E-state index contributed by atoms with van der Waals surface area (Å²) in [5.41, 5.74) is 0.983. The Morgan fingerprint density at radius 1 is 1.42 bits per heavy atom. The number of anilines is 1. The second-order valence-corrected chi connectivity index (χ2v) is 6.01. The minimum atomic E-state index is -0.116. The number of amides is 1. The molecule has 0 aliphatic rings. The Hall–Kier alpha value is -2.46. The maximum atomic E-state index is 10.8. The Morgan fingerprint density at radius 3 is 3.04 bits per heavy atom. The highest BCUT2D eigenvalue weighted by Gasteiger charge is 2.13. The van der Waals surface area contributed by atoms with E-state index in [2.05, 4.69) is 35.6 Å². The first-order chi connectivity index (χ1) is 11.6. The highest BCUT2D eigenvalue weighted by molar-refractivity contribution is 7.09. The van der Waals surface area contributed by atoms with Crippen LogP contribution in [0.4, 0.5) is 5.82 Å². The molecular formula is C13H14ClN7O2S. The molecule has 0 fully saturated rings. The minimum absolute atomic E-state index is 0.0837. The fourth-order valence-corrected chi connectivity index (χ4v) is 2.64. The molecule has 0 aliphatic heterocycles. The first-order valence-corrected chi connectivity index (χ1v) is 8.30. The number of ether oxygens (including phenoxy) is 1. The summed E-state index contributed by atoms with van der Waals surface area (Å²) in [6.45, 7) is 2.62. The van der Waals surface area contributed by atoms with Gasteiger partial charge in [-0.1, -0.05) is 0 Å². The first-order valence-electron chi connectivity index (χ1n) is 7.04. The van der Waals surface area contributed by atoms with Crippen molar-refractivity contribution in [3.05, 3.63) is 21.9 Å². The molecule has 11 heteroatoms. The van der Waals surface area contributed by atoms with Crippen LogP contribution < -0.4 is 15.4 Å². The molecule has 9 nitrogen and oxygen atoms in total. The number of H-pyrrole nitrogens is 1. The fourth-order valence-electron chi connectivity index (χ4n) is 1.92. The summed E-state index contributed by atoms with van der Waals surface area (Å²) in [5, 5.41) is 8.69. The minimum Gasteiger partial charge on any atom is -0.463 e. The van der Waals surface area contributed by atoms with Crippen molar-refractivity contribution in [3.8, 4) is 6.01 Å². The van der Waals surface area contributed by atoms with Gasteiger partial charge in [-0.2, -0.15) is 15.0 Å². The lowest BCUT2D eigenvalue weighted by Gasteiger charge is -2.04. The van der Waals surface area contributed by atoms with Crippen LogP contribution in [0.5, 0.6) is 6.01 Å². The predicted molar refractivity (Wildman–Crippen MR) is 90.3 cm³/mol. The normalized spacial score (nSPS) is 10.8. The zero-order valence-electron chi connectivity index (χ0n) is 12.7. The summed E-state index contributed by atoms with van der Waals surface area (Å²) in [5.74, 6) is 0.402. The number of halogens is 1. The van der Waals surface area contributed by atoms with Crippen LogP contribution in [-0.4, -0.2) is 44.0 Å². The quantitative estimate of drug-likeness (QED) is 0.428. The molecule has 0 radical (unpaired) electrons. The molecule has 3 heterocycles. The topological polar surface area (TPSA) is 118 Å². The van der Waals surface area contributed by atoms with Crippen LogP contribution in [0.3, 0.4) is 0 Å². The van der Waals surface area contributed by atoms with Gasteiger partial charge >= 0.3 is 0 Å². The number of thiazole rings is 1. The number of nitrogens with one attached hydrogen (secondary N) is 3. The average Bonchev–Trinajstić information content (AvgIpc) is 3.18. The van der Waals surface area contributed by atoms with Crippen molar-refractivity contribution in [2.24, 2.45) is 0 Å². The number of imidazole rings is 1. The van der Waals surface area contributed by atoms with E-state index in [-0.39, 0.29) is 23.8 Å². The van der Waals surface area contributed by atoms with Crippen LogP contribution in [0, 0.1) is 0 Å². The summed E-state index contributed by atoms with van der Waals surface area (Å²) in [7, 11) is 0. The van der Waals surface area contributed by atoms with Gasteiger partial charge in [0.1, 0.15) is 17.1 Å². The van der Waals surface area contributed by atoms with E-state index in [1.54, 1.807) is 6.20 Å². The van der Waals surface area contributed by atoms with Gasteiger partial charge < -0.3 is 20.4 Å². The second kappa shape index (κ2) is 7.41. The van der Waals surface area contributed by atoms with E-state index in [0.717, 1.165) is 5.01 Å². The van der Waals surface area contributed by atoms with Crippen molar-refractivity contribution in [2.45, 2.75) is 13.5 Å². The molecule has 0 bridgehead atoms. The molecule has 1 amide bonds. The highest BCUT2D eigenvalue weighted by Crippen LogP contribution is 2.23. The molecular weight excluding hydrogens is 354 g/mol. The fraction of sp³-hybridized carbons (Fsp3) is 0.308. The van der Waals surface area contributed by atoms with Gasteiger partial charge in [0.25, 0.3) is 6.01 Å². The molecule has 3 N–H and O–H groups in total. The lowest BCUT2D eigenvalue weighted by molar-refractivity contribution is -0.119. The maximum absolute atomic E-state index is 10.8. The van der Waals surface area contributed by atoms with Gasteiger partial charge in [-0.25, -0.2) is 4.98 Å². The lowest BCUT2D eigenvalue weighted by atomic mass is 10.5. The summed E-state index contributed by atoms with van der Waals surface area (Å²) in [4.78, 5) is 30.5. The van der Waals surface area contributed by atoms with Crippen molar-refractivity contribution in [2.75, 3.05) is 18.5 Å². The number of hydrogen-bond acceptors (Lipinski definition) is 8. The number of aromatic nitrogens is 5. The Labute approximate surface area is 145 Å². The third-order valence-corrected chi connectivity index (χ3v) is 3.86. The van der Waals surface area contributed by atoms with Gasteiger partial charge in [0, 0.05) is 18.5 Å². The smallest absolute Gasteiger partial charge is 0.296 e. The van der Waals surface area contributed by atoms with Crippen molar-refractivity contribution in [1.29, 1.82) is 0 Å². The molecule has 0 atom stereocenters. The van der Waals surface area contributed by atoms with E-state index in [1.807, 2.05) is 5.38 Å². The van der Waals surface area contributed by atoms with Crippen molar-refractivity contribution in [1.82, 2.24) is 30.2 Å². The molecule has 0 saturated carbocycles. The number of hydrogen-bond donors (Lipinski definition) is 3. The van der Waals surface area contributed by atoms with Crippen LogP contribution in [0.1, 0.15) is 11.9 Å². The van der Waals surface area contributed by atoms with E-state index < -0.39 is 0 Å². The van der Waals surface area contributed by atoms with Crippen molar-refractivity contribution < 1.29 is 9.53 Å². The largest absolute Gasteiger partial charge is 0.463 e. The molecule has 0 aromatic carbocycles. The Bertz CT molecular complexity index is 836. The summed E-state index contributed by atoms with van der Waals surface area (Å²) >= 11 is 7.48. The highest BCUT2D eigenvalue weighted by atomic mass is 35.5. The zero-order valence-corrected chi connectivity index (χ0v) is 14.2. The zero-order chi connectivity index (χ0) is 16.9. The molecule has 0 aliphatic carbocycles. The van der Waals surface area contributed by atoms with Gasteiger partial charge in [0.2, 0.25) is 11.2 Å². The Kier molecular flexibility index (Phi) is 5.06. The number of rotatable bonds is 7. The molecule has 0 spiro atoms. The van der Waals surface area contributed by atoms with E-state index in [0.29, 0.717) is 30.1 Å². The molecule has 126 valence electrons. The van der Waals surface area contributed by atoms with Gasteiger partial charge in [-0.3, -0.25) is 4.79 Å². The van der Waals surface area contributed by atoms with Crippen LogP contribution in [-0.2, 0) is 11.3 Å². The standard InChI is InChI=1S/C13H14ClN7O2S/c1-7(22)15-2-4-23-13-18-9-10(17-6-8-16-3-5-24-8)19-12(14)20-11(9)21-13/h3,5H,2,4,6H2,1H3,(H,15,22)(H2,17,18,19,20,21). The second-order valence-electron chi connectivity index (χ2n) is 4.69. The molecule has 3 aromatic rings. The number of carbonyl (C=O) groups excluding carboxylic acids is 1.